The van der Waals surface area contributed by atoms with Crippen molar-refractivity contribution < 1.29 is 9.52 Å². The van der Waals surface area contributed by atoms with Crippen LogP contribution in [0, 0.1) is 0 Å². The first-order valence-corrected chi connectivity index (χ1v) is 4.78. The van der Waals surface area contributed by atoms with Gasteiger partial charge < -0.3 is 9.52 Å². The molecule has 0 aliphatic rings. The highest BCUT2D eigenvalue weighted by Gasteiger charge is 2.14. The third kappa shape index (κ3) is 2.27. The number of aliphatic hydroxyl groups is 1. The molecule has 2 N–H and O–H groups in total. The van der Waals surface area contributed by atoms with Crippen molar-refractivity contribution in [2.45, 2.75) is 25.9 Å². The SMILES string of the molecule is CC(C)(O)Cc1ccc2oc(=O)[nH]c2c1. The number of nitrogens with one attached hydrogen (secondary N) is 1. The highest BCUT2D eigenvalue weighted by Crippen LogP contribution is 2.17. The Kier molecular flexibility index (Phi) is 2.16. The van der Waals surface area contributed by atoms with Gasteiger partial charge in [0.1, 0.15) is 0 Å². The van der Waals surface area contributed by atoms with Gasteiger partial charge in [-0.3, -0.25) is 4.98 Å². The van der Waals surface area contributed by atoms with Gasteiger partial charge in [0.15, 0.2) is 5.58 Å². The first-order valence-electron chi connectivity index (χ1n) is 4.78. The van der Waals surface area contributed by atoms with Crippen LogP contribution in [0.25, 0.3) is 11.1 Å². The van der Waals surface area contributed by atoms with Crippen LogP contribution in [0.3, 0.4) is 0 Å². The Balaban J connectivity index is 2.42. The molecule has 4 heteroatoms. The maximum absolute atomic E-state index is 10.9. The van der Waals surface area contributed by atoms with Crippen LogP contribution in [-0.4, -0.2) is 15.7 Å². The fraction of sp³-hybridized carbons (Fsp3) is 0.364. The molecular weight excluding hydrogens is 194 g/mol. The van der Waals surface area contributed by atoms with Gasteiger partial charge in [0, 0.05) is 6.42 Å². The zero-order chi connectivity index (χ0) is 11.1. The van der Waals surface area contributed by atoms with Gasteiger partial charge in [0.2, 0.25) is 0 Å². The Morgan fingerprint density at radius 1 is 1.47 bits per heavy atom. The third-order valence-corrected chi connectivity index (χ3v) is 2.12. The van der Waals surface area contributed by atoms with Crippen LogP contribution in [0.15, 0.2) is 27.4 Å². The topological polar surface area (TPSA) is 66.2 Å². The number of H-pyrrole nitrogens is 1. The second-order valence-corrected chi connectivity index (χ2v) is 4.33. The van der Waals surface area contributed by atoms with E-state index in [2.05, 4.69) is 4.98 Å². The predicted octanol–water partition coefficient (Wildman–Crippen LogP) is 1.43. The lowest BCUT2D eigenvalue weighted by Gasteiger charge is -2.16. The number of benzene rings is 1. The second kappa shape index (κ2) is 3.24. The van der Waals surface area contributed by atoms with E-state index in [1.807, 2.05) is 12.1 Å². The van der Waals surface area contributed by atoms with E-state index < -0.39 is 11.4 Å². The summed E-state index contributed by atoms with van der Waals surface area (Å²) in [6.45, 7) is 3.49. The number of aromatic nitrogens is 1. The maximum atomic E-state index is 10.9. The Morgan fingerprint density at radius 2 is 2.20 bits per heavy atom. The van der Waals surface area contributed by atoms with Gasteiger partial charge in [-0.1, -0.05) is 6.07 Å². The van der Waals surface area contributed by atoms with Crippen LogP contribution in [-0.2, 0) is 6.42 Å². The molecule has 2 aromatic rings. The van der Waals surface area contributed by atoms with Crippen molar-refractivity contribution in [3.05, 3.63) is 34.3 Å². The van der Waals surface area contributed by atoms with E-state index in [9.17, 15) is 9.90 Å². The minimum Gasteiger partial charge on any atom is -0.408 e. The van der Waals surface area contributed by atoms with E-state index in [0.717, 1.165) is 5.56 Å². The Hall–Kier alpha value is -1.55. The first-order chi connectivity index (χ1) is 6.94. The average Bonchev–Trinajstić information content (AvgIpc) is 2.40. The molecule has 0 atom stereocenters. The van der Waals surface area contributed by atoms with Gasteiger partial charge in [-0.15, -0.1) is 0 Å². The van der Waals surface area contributed by atoms with Gasteiger partial charge in [0.05, 0.1) is 11.1 Å². The zero-order valence-corrected chi connectivity index (χ0v) is 8.70. The molecule has 0 saturated heterocycles. The fourth-order valence-corrected chi connectivity index (χ4v) is 1.61. The summed E-state index contributed by atoms with van der Waals surface area (Å²) in [6.07, 6.45) is 0.538. The van der Waals surface area contributed by atoms with Crippen LogP contribution in [0.2, 0.25) is 0 Å². The van der Waals surface area contributed by atoms with Crippen LogP contribution >= 0.6 is 0 Å². The molecule has 0 aliphatic heterocycles. The number of aromatic amines is 1. The Morgan fingerprint density at radius 3 is 2.87 bits per heavy atom. The van der Waals surface area contributed by atoms with Gasteiger partial charge >= 0.3 is 5.76 Å². The number of hydrogen-bond donors (Lipinski definition) is 2. The third-order valence-electron chi connectivity index (χ3n) is 2.12. The molecule has 0 unspecified atom stereocenters. The maximum Gasteiger partial charge on any atom is 0.417 e. The normalized spacial score (nSPS) is 12.2. The van der Waals surface area contributed by atoms with Crippen LogP contribution in [0.5, 0.6) is 0 Å². The standard InChI is InChI=1S/C11H13NO3/c1-11(2,14)6-7-3-4-9-8(5-7)12-10(13)15-9/h3-5,14H,6H2,1-2H3,(H,12,13). The van der Waals surface area contributed by atoms with Crippen molar-refractivity contribution in [2.75, 3.05) is 0 Å². The fourth-order valence-electron chi connectivity index (χ4n) is 1.61. The molecule has 0 amide bonds. The average molecular weight is 207 g/mol. The molecular formula is C11H13NO3. The van der Waals surface area contributed by atoms with Crippen molar-refractivity contribution in [2.24, 2.45) is 0 Å². The van der Waals surface area contributed by atoms with Crippen molar-refractivity contribution >= 4 is 11.1 Å². The molecule has 1 aromatic heterocycles. The molecule has 0 radical (unpaired) electrons. The van der Waals surface area contributed by atoms with E-state index in [0.29, 0.717) is 17.5 Å². The van der Waals surface area contributed by atoms with Crippen molar-refractivity contribution in [1.29, 1.82) is 0 Å². The quantitative estimate of drug-likeness (QED) is 0.783. The summed E-state index contributed by atoms with van der Waals surface area (Å²) in [7, 11) is 0. The minimum atomic E-state index is -0.752. The highest BCUT2D eigenvalue weighted by molar-refractivity contribution is 5.72. The number of hydrogen-bond acceptors (Lipinski definition) is 3. The molecule has 1 aromatic carbocycles. The summed E-state index contributed by atoms with van der Waals surface area (Å²) >= 11 is 0. The highest BCUT2D eigenvalue weighted by atomic mass is 16.4. The first kappa shape index (κ1) is 9.98. The molecule has 1 heterocycles. The van der Waals surface area contributed by atoms with Gasteiger partial charge in [0.25, 0.3) is 0 Å². The summed E-state index contributed by atoms with van der Waals surface area (Å²) in [5, 5.41) is 9.65. The van der Waals surface area contributed by atoms with Crippen LogP contribution in [0.1, 0.15) is 19.4 Å². The lowest BCUT2D eigenvalue weighted by atomic mass is 9.99. The molecule has 4 nitrogen and oxygen atoms in total. The minimum absolute atomic E-state index is 0.453. The van der Waals surface area contributed by atoms with Crippen molar-refractivity contribution in [3.63, 3.8) is 0 Å². The van der Waals surface area contributed by atoms with Gasteiger partial charge in [-0.05, 0) is 31.5 Å². The van der Waals surface area contributed by atoms with Crippen molar-refractivity contribution in [1.82, 2.24) is 4.98 Å². The van der Waals surface area contributed by atoms with Crippen LogP contribution < -0.4 is 5.76 Å². The summed E-state index contributed by atoms with van der Waals surface area (Å²) < 4.78 is 4.88. The summed E-state index contributed by atoms with van der Waals surface area (Å²) in [6, 6.07) is 5.39. The summed E-state index contributed by atoms with van der Waals surface area (Å²) in [4.78, 5) is 13.5. The molecule has 80 valence electrons. The zero-order valence-electron chi connectivity index (χ0n) is 8.70. The summed E-state index contributed by atoms with van der Waals surface area (Å²) in [5.41, 5.74) is 1.42. The number of oxazole rings is 1. The molecule has 2 rings (SSSR count). The van der Waals surface area contributed by atoms with E-state index in [1.54, 1.807) is 19.9 Å². The molecule has 15 heavy (non-hydrogen) atoms. The molecule has 0 fully saturated rings. The lowest BCUT2D eigenvalue weighted by Crippen LogP contribution is -2.21. The van der Waals surface area contributed by atoms with E-state index in [-0.39, 0.29) is 0 Å². The predicted molar refractivity (Wildman–Crippen MR) is 56.8 cm³/mol. The molecule has 0 saturated carbocycles. The van der Waals surface area contributed by atoms with Gasteiger partial charge in [-0.25, -0.2) is 4.79 Å². The number of rotatable bonds is 2. The van der Waals surface area contributed by atoms with E-state index >= 15 is 0 Å². The summed E-state index contributed by atoms with van der Waals surface area (Å²) in [5.74, 6) is -0.453. The molecule has 0 spiro atoms. The lowest BCUT2D eigenvalue weighted by molar-refractivity contribution is 0.0810. The largest absolute Gasteiger partial charge is 0.417 e. The second-order valence-electron chi connectivity index (χ2n) is 4.33. The van der Waals surface area contributed by atoms with Crippen molar-refractivity contribution in [3.8, 4) is 0 Å². The van der Waals surface area contributed by atoms with E-state index in [1.165, 1.54) is 0 Å². The Bertz CT molecular complexity index is 530. The molecule has 0 aliphatic carbocycles. The Labute approximate surface area is 86.5 Å². The van der Waals surface area contributed by atoms with E-state index in [4.69, 9.17) is 4.42 Å². The number of fused-ring (bicyclic) bond motifs is 1. The van der Waals surface area contributed by atoms with Crippen LogP contribution in [0.4, 0.5) is 0 Å². The monoisotopic (exact) mass is 207 g/mol. The molecule has 0 bridgehead atoms. The smallest absolute Gasteiger partial charge is 0.408 e. The van der Waals surface area contributed by atoms with Gasteiger partial charge in [-0.2, -0.15) is 0 Å².